The van der Waals surface area contributed by atoms with Crippen LogP contribution >= 0.6 is 11.8 Å². The predicted molar refractivity (Wildman–Crippen MR) is 104 cm³/mol. The maximum absolute atomic E-state index is 13.3. The van der Waals surface area contributed by atoms with E-state index in [-0.39, 0.29) is 35.5 Å². The molecule has 0 radical (unpaired) electrons. The largest absolute Gasteiger partial charge is 0.396 e. The molecule has 2 bridgehead atoms. The quantitative estimate of drug-likeness (QED) is 0.493. The number of hydrogen-bond acceptors (Lipinski definition) is 5. The lowest BCUT2D eigenvalue weighted by atomic mass is 9.71. The third-order valence-electron chi connectivity index (χ3n) is 6.23. The highest BCUT2D eigenvalue weighted by Crippen LogP contribution is 2.66. The molecular weight excluding hydrogens is 366 g/mol. The number of unbranched alkanes of at least 4 members (excludes halogenated alkanes) is 2. The molecule has 152 valence electrons. The number of aliphatic hydroxyl groups excluding tert-OH is 1. The molecule has 3 rings (SSSR count). The second-order valence-corrected chi connectivity index (χ2v) is 9.38. The molecule has 3 N–H and O–H groups in total. The Hall–Kier alpha value is -1.28. The van der Waals surface area contributed by atoms with E-state index in [0.29, 0.717) is 19.5 Å². The SMILES string of the molecule is CCCCCNC(=O)C1N(CCCO)C(=O)[C@@H]2[C@@H](C(=O)NC)[C@H]3CCC12S3. The Labute approximate surface area is 165 Å². The van der Waals surface area contributed by atoms with Gasteiger partial charge in [-0.1, -0.05) is 19.8 Å². The van der Waals surface area contributed by atoms with Gasteiger partial charge in [-0.05, 0) is 25.7 Å². The fourth-order valence-electron chi connectivity index (χ4n) is 5.09. The zero-order chi connectivity index (χ0) is 19.6. The lowest BCUT2D eigenvalue weighted by molar-refractivity contribution is -0.140. The van der Waals surface area contributed by atoms with Gasteiger partial charge in [0.1, 0.15) is 6.04 Å². The van der Waals surface area contributed by atoms with E-state index in [2.05, 4.69) is 17.6 Å². The summed E-state index contributed by atoms with van der Waals surface area (Å²) in [5.74, 6) is -1.10. The number of thioether (sulfide) groups is 1. The number of carbonyl (C=O) groups excluding carboxylic acids is 3. The maximum atomic E-state index is 13.3. The van der Waals surface area contributed by atoms with Gasteiger partial charge >= 0.3 is 0 Å². The van der Waals surface area contributed by atoms with Gasteiger partial charge in [-0.25, -0.2) is 0 Å². The van der Waals surface area contributed by atoms with E-state index in [0.717, 1.165) is 32.1 Å². The Morgan fingerprint density at radius 2 is 2.07 bits per heavy atom. The number of rotatable bonds is 9. The predicted octanol–water partition coefficient (Wildman–Crippen LogP) is 0.512. The number of nitrogens with zero attached hydrogens (tertiary/aromatic N) is 1. The summed E-state index contributed by atoms with van der Waals surface area (Å²) in [7, 11) is 1.60. The van der Waals surface area contributed by atoms with Crippen LogP contribution in [0.5, 0.6) is 0 Å². The lowest BCUT2D eigenvalue weighted by Crippen LogP contribution is -2.54. The van der Waals surface area contributed by atoms with Crippen LogP contribution in [-0.4, -0.2) is 70.5 Å². The van der Waals surface area contributed by atoms with Gasteiger partial charge in [0, 0.05) is 32.0 Å². The zero-order valence-corrected chi connectivity index (χ0v) is 17.0. The minimum atomic E-state index is -0.548. The standard InChI is InChI=1S/C19H31N3O4S/c1-3-4-5-9-21-17(25)15-19-8-7-12(27-19)13(16(24)20-2)14(19)18(26)22(15)10-6-11-23/h12-15,23H,3-11H2,1-2H3,(H,20,24)(H,21,25)/t12-,13+,14+,15?,19?/m1/s1. The van der Waals surface area contributed by atoms with E-state index in [1.54, 1.807) is 23.7 Å². The molecular formula is C19H31N3O4S. The van der Waals surface area contributed by atoms with Crippen LogP contribution in [-0.2, 0) is 14.4 Å². The molecule has 0 aromatic carbocycles. The Morgan fingerprint density at radius 1 is 1.30 bits per heavy atom. The van der Waals surface area contributed by atoms with Gasteiger partial charge in [-0.3, -0.25) is 14.4 Å². The van der Waals surface area contributed by atoms with Gasteiger partial charge in [0.2, 0.25) is 17.7 Å². The summed E-state index contributed by atoms with van der Waals surface area (Å²) < 4.78 is -0.511. The molecule has 3 amide bonds. The molecule has 27 heavy (non-hydrogen) atoms. The number of aliphatic hydroxyl groups is 1. The number of hydrogen-bond donors (Lipinski definition) is 3. The van der Waals surface area contributed by atoms with Crippen molar-refractivity contribution in [2.45, 2.75) is 61.5 Å². The number of amides is 3. The molecule has 3 heterocycles. The van der Waals surface area contributed by atoms with E-state index < -0.39 is 16.7 Å². The molecule has 3 aliphatic rings. The molecule has 0 aromatic heterocycles. The molecule has 5 atom stereocenters. The molecule has 3 fully saturated rings. The third-order valence-corrected chi connectivity index (χ3v) is 8.19. The topological polar surface area (TPSA) is 98.7 Å². The molecule has 0 aromatic rings. The lowest BCUT2D eigenvalue weighted by Gasteiger charge is -2.34. The van der Waals surface area contributed by atoms with Crippen LogP contribution in [0.25, 0.3) is 0 Å². The van der Waals surface area contributed by atoms with Crippen LogP contribution < -0.4 is 10.6 Å². The van der Waals surface area contributed by atoms with Crippen molar-refractivity contribution < 1.29 is 19.5 Å². The van der Waals surface area contributed by atoms with Crippen LogP contribution in [0.2, 0.25) is 0 Å². The van der Waals surface area contributed by atoms with E-state index in [4.69, 9.17) is 0 Å². The van der Waals surface area contributed by atoms with Crippen molar-refractivity contribution in [3.8, 4) is 0 Å². The molecule has 0 saturated carbocycles. The van der Waals surface area contributed by atoms with Gasteiger partial charge < -0.3 is 20.6 Å². The first-order chi connectivity index (χ1) is 13.0. The second-order valence-electron chi connectivity index (χ2n) is 7.78. The van der Waals surface area contributed by atoms with Crippen LogP contribution in [0.1, 0.15) is 45.4 Å². The highest BCUT2D eigenvalue weighted by molar-refractivity contribution is 8.02. The summed E-state index contributed by atoms with van der Waals surface area (Å²) in [6, 6.07) is -0.548. The minimum Gasteiger partial charge on any atom is -0.396 e. The minimum absolute atomic E-state index is 0.0269. The third kappa shape index (κ3) is 3.35. The van der Waals surface area contributed by atoms with Crippen molar-refractivity contribution in [2.24, 2.45) is 11.8 Å². The highest BCUT2D eigenvalue weighted by atomic mass is 32.2. The number of carbonyl (C=O) groups is 3. The zero-order valence-electron chi connectivity index (χ0n) is 16.2. The van der Waals surface area contributed by atoms with Crippen molar-refractivity contribution in [2.75, 3.05) is 26.7 Å². The molecule has 3 saturated heterocycles. The molecule has 2 unspecified atom stereocenters. The summed E-state index contributed by atoms with van der Waals surface area (Å²) in [4.78, 5) is 40.5. The average Bonchev–Trinajstić information content (AvgIpc) is 3.30. The second kappa shape index (κ2) is 8.39. The van der Waals surface area contributed by atoms with E-state index in [9.17, 15) is 19.5 Å². The molecule has 1 spiro atoms. The highest BCUT2D eigenvalue weighted by Gasteiger charge is 2.73. The van der Waals surface area contributed by atoms with Crippen LogP contribution in [0.4, 0.5) is 0 Å². The first-order valence-corrected chi connectivity index (χ1v) is 11.0. The fraction of sp³-hybridized carbons (Fsp3) is 0.842. The molecule has 3 aliphatic heterocycles. The van der Waals surface area contributed by atoms with Crippen LogP contribution in [0.3, 0.4) is 0 Å². The summed E-state index contributed by atoms with van der Waals surface area (Å²) >= 11 is 1.68. The van der Waals surface area contributed by atoms with Gasteiger partial charge in [0.15, 0.2) is 0 Å². The Balaban J connectivity index is 1.86. The Bertz CT molecular complexity index is 602. The Morgan fingerprint density at radius 3 is 2.74 bits per heavy atom. The van der Waals surface area contributed by atoms with Crippen molar-refractivity contribution >= 4 is 29.5 Å². The van der Waals surface area contributed by atoms with Crippen molar-refractivity contribution in [1.29, 1.82) is 0 Å². The first kappa shape index (κ1) is 20.5. The van der Waals surface area contributed by atoms with Crippen LogP contribution in [0.15, 0.2) is 0 Å². The summed E-state index contributed by atoms with van der Waals surface area (Å²) in [5.41, 5.74) is 0. The molecule has 8 heteroatoms. The monoisotopic (exact) mass is 397 g/mol. The van der Waals surface area contributed by atoms with Crippen molar-refractivity contribution in [3.63, 3.8) is 0 Å². The van der Waals surface area contributed by atoms with Crippen molar-refractivity contribution in [1.82, 2.24) is 15.5 Å². The first-order valence-electron chi connectivity index (χ1n) is 10.1. The normalized spacial score (nSPS) is 34.0. The fourth-order valence-corrected chi connectivity index (χ4v) is 7.30. The summed E-state index contributed by atoms with van der Waals surface area (Å²) in [5, 5.41) is 15.1. The molecule has 7 nitrogen and oxygen atoms in total. The van der Waals surface area contributed by atoms with E-state index in [1.807, 2.05) is 0 Å². The van der Waals surface area contributed by atoms with Crippen molar-refractivity contribution in [3.05, 3.63) is 0 Å². The summed E-state index contributed by atoms with van der Waals surface area (Å²) in [6.07, 6.45) is 5.15. The van der Waals surface area contributed by atoms with Gasteiger partial charge in [0.25, 0.3) is 0 Å². The molecule has 0 aliphatic carbocycles. The smallest absolute Gasteiger partial charge is 0.244 e. The van der Waals surface area contributed by atoms with Gasteiger partial charge in [-0.2, -0.15) is 0 Å². The number of fused-ring (bicyclic) bond motifs is 1. The number of likely N-dealkylation sites (tertiary alicyclic amines) is 1. The van der Waals surface area contributed by atoms with E-state index in [1.165, 1.54) is 0 Å². The number of nitrogens with one attached hydrogen (secondary N) is 2. The Kier molecular flexibility index (Phi) is 6.35. The van der Waals surface area contributed by atoms with E-state index >= 15 is 0 Å². The van der Waals surface area contributed by atoms with Crippen LogP contribution in [0, 0.1) is 11.8 Å². The van der Waals surface area contributed by atoms with Gasteiger partial charge in [0.05, 0.1) is 16.6 Å². The summed E-state index contributed by atoms with van der Waals surface area (Å²) in [6.45, 7) is 3.05. The average molecular weight is 398 g/mol. The maximum Gasteiger partial charge on any atom is 0.244 e. The van der Waals surface area contributed by atoms with Gasteiger partial charge in [-0.15, -0.1) is 11.8 Å².